The predicted molar refractivity (Wildman–Crippen MR) is 72.0 cm³/mol. The highest BCUT2D eigenvalue weighted by molar-refractivity contribution is 8.04. The fraction of sp³-hybridized carbons (Fsp3) is 0.333. The van der Waals surface area contributed by atoms with Gasteiger partial charge >= 0.3 is 0 Å². The number of carbonyl (C=O) groups excluding carboxylic acids is 1. The molecular weight excluding hydrogens is 248 g/mol. The third kappa shape index (κ3) is 2.15. The van der Waals surface area contributed by atoms with E-state index in [2.05, 4.69) is 4.98 Å². The fourth-order valence-electron chi connectivity index (χ4n) is 1.96. The first kappa shape index (κ1) is 12.8. The van der Waals surface area contributed by atoms with Crippen LogP contribution in [0.1, 0.15) is 24.8 Å². The molecule has 0 bridgehead atoms. The van der Waals surface area contributed by atoms with Crippen molar-refractivity contribution in [3.05, 3.63) is 40.8 Å². The number of amides is 1. The number of aromatic nitrogens is 1. The summed E-state index contributed by atoms with van der Waals surface area (Å²) in [5.41, 5.74) is 12.4. The van der Waals surface area contributed by atoms with E-state index in [1.54, 1.807) is 12.4 Å². The van der Waals surface area contributed by atoms with Crippen LogP contribution in [0.2, 0.25) is 0 Å². The van der Waals surface area contributed by atoms with Gasteiger partial charge in [0.2, 0.25) is 0 Å². The van der Waals surface area contributed by atoms with Gasteiger partial charge in [-0.1, -0.05) is 17.8 Å². The first-order valence-electron chi connectivity index (χ1n) is 5.67. The summed E-state index contributed by atoms with van der Waals surface area (Å²) >= 11 is 1.38. The fourth-order valence-corrected chi connectivity index (χ4v) is 3.27. The lowest BCUT2D eigenvalue weighted by atomic mass is 10.2. The summed E-state index contributed by atoms with van der Waals surface area (Å²) in [6, 6.07) is 4.02. The Labute approximate surface area is 110 Å². The summed E-state index contributed by atoms with van der Waals surface area (Å²) in [5.74, 6) is -0.0223. The van der Waals surface area contributed by atoms with E-state index in [0.717, 1.165) is 5.56 Å². The first-order valence-corrected chi connectivity index (χ1v) is 6.54. The lowest BCUT2D eigenvalue weighted by molar-refractivity contribution is -0.114. The summed E-state index contributed by atoms with van der Waals surface area (Å²) < 4.78 is 0. The molecule has 18 heavy (non-hydrogen) atoms. The Hall–Kier alpha value is -1.69. The Kier molecular flexibility index (Phi) is 3.47. The van der Waals surface area contributed by atoms with Crippen LogP contribution in [0.4, 0.5) is 0 Å². The highest BCUT2D eigenvalue weighted by atomic mass is 32.2. The lowest BCUT2D eigenvalue weighted by Gasteiger charge is -2.30. The van der Waals surface area contributed by atoms with Gasteiger partial charge in [-0.15, -0.1) is 0 Å². The summed E-state index contributed by atoms with van der Waals surface area (Å²) in [7, 11) is 0. The monoisotopic (exact) mass is 264 g/mol. The van der Waals surface area contributed by atoms with E-state index < -0.39 is 5.91 Å². The molecule has 1 atom stereocenters. The highest BCUT2D eigenvalue weighted by Gasteiger charge is 2.36. The standard InChI is InChI=1S/C12H16N4OS/c1-7(2)16-10(13)9(11(14)17)18-12(16)8-4-3-5-15-6-8/h3-7,12H,13H2,1-2H3,(H2,14,17). The Morgan fingerprint density at radius 2 is 2.28 bits per heavy atom. The van der Waals surface area contributed by atoms with E-state index in [1.165, 1.54) is 11.8 Å². The van der Waals surface area contributed by atoms with Crippen LogP contribution in [-0.2, 0) is 4.79 Å². The zero-order valence-electron chi connectivity index (χ0n) is 10.3. The number of primary amides is 1. The minimum Gasteiger partial charge on any atom is -0.384 e. The van der Waals surface area contributed by atoms with E-state index in [4.69, 9.17) is 11.5 Å². The minimum atomic E-state index is -0.477. The first-order chi connectivity index (χ1) is 8.52. The van der Waals surface area contributed by atoms with Gasteiger partial charge in [-0.05, 0) is 19.9 Å². The van der Waals surface area contributed by atoms with Crippen molar-refractivity contribution < 1.29 is 4.79 Å². The molecule has 0 aromatic carbocycles. The Bertz CT molecular complexity index is 486. The molecular formula is C12H16N4OS. The highest BCUT2D eigenvalue weighted by Crippen LogP contribution is 2.46. The molecule has 0 aliphatic carbocycles. The second-order valence-corrected chi connectivity index (χ2v) is 5.43. The molecule has 1 aromatic heterocycles. The van der Waals surface area contributed by atoms with Crippen molar-refractivity contribution in [3.63, 3.8) is 0 Å². The molecule has 1 amide bonds. The Balaban J connectivity index is 2.38. The van der Waals surface area contributed by atoms with Gasteiger partial charge < -0.3 is 16.4 Å². The molecule has 1 aliphatic heterocycles. The molecule has 2 heterocycles. The van der Waals surface area contributed by atoms with Gasteiger partial charge in [-0.2, -0.15) is 0 Å². The van der Waals surface area contributed by atoms with Crippen molar-refractivity contribution in [3.8, 4) is 0 Å². The predicted octanol–water partition coefficient (Wildman–Crippen LogP) is 1.15. The smallest absolute Gasteiger partial charge is 0.258 e. The van der Waals surface area contributed by atoms with E-state index in [0.29, 0.717) is 10.7 Å². The van der Waals surface area contributed by atoms with Gasteiger partial charge in [0, 0.05) is 24.0 Å². The van der Waals surface area contributed by atoms with Crippen molar-refractivity contribution >= 4 is 17.7 Å². The van der Waals surface area contributed by atoms with Crippen molar-refractivity contribution in [1.29, 1.82) is 0 Å². The quantitative estimate of drug-likeness (QED) is 0.855. The molecule has 1 unspecified atom stereocenters. The maximum atomic E-state index is 11.4. The van der Waals surface area contributed by atoms with Crippen molar-refractivity contribution in [1.82, 2.24) is 9.88 Å². The third-order valence-corrected chi connectivity index (χ3v) is 4.11. The van der Waals surface area contributed by atoms with Gasteiger partial charge in [0.05, 0.1) is 0 Å². The Morgan fingerprint density at radius 1 is 1.56 bits per heavy atom. The maximum Gasteiger partial charge on any atom is 0.258 e. The average Bonchev–Trinajstić information content (AvgIpc) is 2.68. The van der Waals surface area contributed by atoms with Crippen LogP contribution >= 0.6 is 11.8 Å². The van der Waals surface area contributed by atoms with Crippen LogP contribution in [0.5, 0.6) is 0 Å². The number of carbonyl (C=O) groups is 1. The molecule has 0 spiro atoms. The van der Waals surface area contributed by atoms with Gasteiger partial charge in [0.15, 0.2) is 0 Å². The molecule has 1 aliphatic rings. The normalized spacial score (nSPS) is 19.7. The van der Waals surface area contributed by atoms with Crippen molar-refractivity contribution in [2.45, 2.75) is 25.3 Å². The van der Waals surface area contributed by atoms with Gasteiger partial charge in [-0.25, -0.2) is 0 Å². The van der Waals surface area contributed by atoms with Crippen LogP contribution < -0.4 is 11.5 Å². The van der Waals surface area contributed by atoms with E-state index >= 15 is 0 Å². The molecule has 4 N–H and O–H groups in total. The molecule has 96 valence electrons. The van der Waals surface area contributed by atoms with Gasteiger partial charge in [0.25, 0.3) is 5.91 Å². The lowest BCUT2D eigenvalue weighted by Crippen LogP contribution is -2.33. The largest absolute Gasteiger partial charge is 0.384 e. The summed E-state index contributed by atoms with van der Waals surface area (Å²) in [6.45, 7) is 4.06. The zero-order chi connectivity index (χ0) is 13.3. The van der Waals surface area contributed by atoms with Crippen LogP contribution in [0.25, 0.3) is 0 Å². The second kappa shape index (κ2) is 4.89. The molecule has 6 heteroatoms. The SMILES string of the molecule is CC(C)N1C(N)=C(C(N)=O)SC1c1cccnc1. The number of rotatable bonds is 3. The molecule has 0 saturated heterocycles. The summed E-state index contributed by atoms with van der Waals surface area (Å²) in [5, 5.41) is -0.0406. The van der Waals surface area contributed by atoms with E-state index in [-0.39, 0.29) is 11.4 Å². The number of hydrogen-bond donors (Lipinski definition) is 2. The minimum absolute atomic E-state index is 0.0406. The average molecular weight is 264 g/mol. The van der Waals surface area contributed by atoms with Crippen LogP contribution in [0.3, 0.4) is 0 Å². The van der Waals surface area contributed by atoms with Crippen LogP contribution in [-0.4, -0.2) is 21.8 Å². The van der Waals surface area contributed by atoms with Crippen LogP contribution in [0, 0.1) is 0 Å². The molecule has 0 radical (unpaired) electrons. The maximum absolute atomic E-state index is 11.4. The topological polar surface area (TPSA) is 85.2 Å². The molecule has 2 rings (SSSR count). The number of nitrogens with zero attached hydrogens (tertiary/aromatic N) is 2. The molecule has 0 saturated carbocycles. The molecule has 5 nitrogen and oxygen atoms in total. The number of hydrogen-bond acceptors (Lipinski definition) is 5. The third-order valence-electron chi connectivity index (χ3n) is 2.74. The van der Waals surface area contributed by atoms with Crippen molar-refractivity contribution in [2.75, 3.05) is 0 Å². The van der Waals surface area contributed by atoms with Crippen molar-refractivity contribution in [2.24, 2.45) is 11.5 Å². The van der Waals surface area contributed by atoms with Gasteiger partial charge in [-0.3, -0.25) is 9.78 Å². The molecule has 0 fully saturated rings. The van der Waals surface area contributed by atoms with Crippen LogP contribution in [0.15, 0.2) is 35.3 Å². The second-order valence-electron chi connectivity index (χ2n) is 4.34. The van der Waals surface area contributed by atoms with E-state index in [1.807, 2.05) is 30.9 Å². The summed E-state index contributed by atoms with van der Waals surface area (Å²) in [4.78, 5) is 17.9. The number of pyridine rings is 1. The summed E-state index contributed by atoms with van der Waals surface area (Å²) in [6.07, 6.45) is 3.50. The Morgan fingerprint density at radius 3 is 2.78 bits per heavy atom. The number of thioether (sulfide) groups is 1. The molecule has 1 aromatic rings. The number of nitrogens with two attached hydrogens (primary N) is 2. The van der Waals surface area contributed by atoms with Gasteiger partial charge in [0.1, 0.15) is 16.1 Å². The van der Waals surface area contributed by atoms with E-state index in [9.17, 15) is 4.79 Å². The zero-order valence-corrected chi connectivity index (χ0v) is 11.1.